The van der Waals surface area contributed by atoms with E-state index < -0.39 is 30.5 Å². The molecule has 0 spiro atoms. The van der Waals surface area contributed by atoms with Crippen LogP contribution in [0.3, 0.4) is 0 Å². The van der Waals surface area contributed by atoms with Crippen molar-refractivity contribution in [2.45, 2.75) is 19.1 Å². The Morgan fingerprint density at radius 2 is 1.95 bits per heavy atom. The number of benzene rings is 1. The lowest BCUT2D eigenvalue weighted by molar-refractivity contribution is -0.145. The summed E-state index contributed by atoms with van der Waals surface area (Å²) < 4.78 is 43.5. The number of alkyl halides is 3. The van der Waals surface area contributed by atoms with Gasteiger partial charge in [0.25, 0.3) is 0 Å². The van der Waals surface area contributed by atoms with Gasteiger partial charge in [0.1, 0.15) is 5.71 Å². The summed E-state index contributed by atoms with van der Waals surface area (Å²) in [5.41, 5.74) is -1.40. The van der Waals surface area contributed by atoms with Crippen LogP contribution in [0.5, 0.6) is 0 Å². The van der Waals surface area contributed by atoms with E-state index in [-0.39, 0.29) is 12.2 Å². The number of rotatable bonds is 5. The molecule has 0 amide bonds. The molecule has 0 saturated carbocycles. The summed E-state index contributed by atoms with van der Waals surface area (Å²) in [6, 6.07) is 5.28. The lowest BCUT2D eigenvalue weighted by atomic mass is 10.1. The molecule has 20 heavy (non-hydrogen) atoms. The first-order valence-electron chi connectivity index (χ1n) is 5.88. The van der Waals surface area contributed by atoms with Crippen LogP contribution in [0.4, 0.5) is 13.2 Å². The Kier molecular flexibility index (Phi) is 5.69. The van der Waals surface area contributed by atoms with Gasteiger partial charge in [0.05, 0.1) is 13.2 Å². The van der Waals surface area contributed by atoms with Gasteiger partial charge in [-0.05, 0) is 6.92 Å². The van der Waals surface area contributed by atoms with Crippen molar-refractivity contribution in [2.75, 3.05) is 13.2 Å². The Labute approximate surface area is 113 Å². The van der Waals surface area contributed by atoms with Gasteiger partial charge in [0, 0.05) is 5.56 Å². The average molecular weight is 289 g/mol. The van der Waals surface area contributed by atoms with E-state index in [9.17, 15) is 18.0 Å². The zero-order valence-electron chi connectivity index (χ0n) is 10.7. The normalized spacial score (nSPS) is 13.9. The quantitative estimate of drug-likeness (QED) is 0.666. The maximum Gasteiger partial charge on any atom is 0.433 e. The van der Waals surface area contributed by atoms with Gasteiger partial charge in [0.2, 0.25) is 0 Å². The van der Waals surface area contributed by atoms with Gasteiger partial charge in [-0.1, -0.05) is 30.3 Å². The van der Waals surface area contributed by atoms with Crippen molar-refractivity contribution in [3.63, 3.8) is 0 Å². The number of nitrogens with zero attached hydrogens (tertiary/aromatic N) is 1. The number of hydrogen-bond acceptors (Lipinski definition) is 4. The first-order valence-corrected chi connectivity index (χ1v) is 5.88. The zero-order valence-corrected chi connectivity index (χ0v) is 10.7. The van der Waals surface area contributed by atoms with Gasteiger partial charge in [-0.2, -0.15) is 13.2 Å². The van der Waals surface area contributed by atoms with Crippen LogP contribution in [-0.4, -0.2) is 42.2 Å². The molecule has 0 aliphatic carbocycles. The molecule has 110 valence electrons. The first kappa shape index (κ1) is 16.2. The summed E-state index contributed by atoms with van der Waals surface area (Å²) in [6.45, 7) is 0.653. The van der Waals surface area contributed by atoms with Crippen LogP contribution in [0.25, 0.3) is 0 Å². The Balaban J connectivity index is 3.17. The van der Waals surface area contributed by atoms with E-state index in [0.29, 0.717) is 0 Å². The molecular weight excluding hydrogens is 275 g/mol. The van der Waals surface area contributed by atoms with Gasteiger partial charge >= 0.3 is 12.1 Å². The van der Waals surface area contributed by atoms with Crippen molar-refractivity contribution in [2.24, 2.45) is 4.99 Å². The molecule has 1 rings (SSSR count). The number of aliphatic hydroxyl groups excluding tert-OH is 1. The van der Waals surface area contributed by atoms with Gasteiger partial charge in [-0.3, -0.25) is 4.99 Å². The van der Waals surface area contributed by atoms with Crippen molar-refractivity contribution in [1.29, 1.82) is 0 Å². The van der Waals surface area contributed by atoms with Crippen LogP contribution in [0.2, 0.25) is 0 Å². The molecule has 1 aromatic rings. The molecule has 0 aromatic heterocycles. The van der Waals surface area contributed by atoms with E-state index in [1.807, 2.05) is 0 Å². The number of carbonyl (C=O) groups is 1. The van der Waals surface area contributed by atoms with Crippen molar-refractivity contribution in [3.05, 3.63) is 35.9 Å². The standard InChI is InChI=1S/C13H14F3NO3/c1-2-20-12(19)10(8-18)17-11(13(14,15)16)9-6-4-3-5-7-9/h3-7,10,18H,2,8H2,1H3. The third-order valence-electron chi connectivity index (χ3n) is 2.33. The lowest BCUT2D eigenvalue weighted by Gasteiger charge is -2.14. The number of halogens is 3. The zero-order chi connectivity index (χ0) is 15.2. The van der Waals surface area contributed by atoms with Crippen LogP contribution >= 0.6 is 0 Å². The number of aliphatic hydroxyl groups is 1. The highest BCUT2D eigenvalue weighted by molar-refractivity contribution is 6.05. The monoisotopic (exact) mass is 289 g/mol. The number of ether oxygens (including phenoxy) is 1. The second kappa shape index (κ2) is 7.04. The number of carbonyl (C=O) groups excluding carboxylic acids is 1. The largest absolute Gasteiger partial charge is 0.464 e. The van der Waals surface area contributed by atoms with Gasteiger partial charge in [0.15, 0.2) is 6.04 Å². The van der Waals surface area contributed by atoms with E-state index in [1.165, 1.54) is 31.2 Å². The molecule has 0 aliphatic rings. The minimum Gasteiger partial charge on any atom is -0.464 e. The second-order valence-corrected chi connectivity index (χ2v) is 3.79. The molecule has 0 radical (unpaired) electrons. The van der Waals surface area contributed by atoms with Crippen molar-refractivity contribution >= 4 is 11.7 Å². The lowest BCUT2D eigenvalue weighted by Crippen LogP contribution is -2.31. The molecule has 0 saturated heterocycles. The number of esters is 1. The van der Waals surface area contributed by atoms with Crippen molar-refractivity contribution in [1.82, 2.24) is 0 Å². The van der Waals surface area contributed by atoms with Crippen molar-refractivity contribution in [3.8, 4) is 0 Å². The summed E-state index contributed by atoms with van der Waals surface area (Å²) >= 11 is 0. The SMILES string of the molecule is CCOC(=O)C(CO)N=C(c1ccccc1)C(F)(F)F. The van der Waals surface area contributed by atoms with Gasteiger partial charge in [-0.25, -0.2) is 4.79 Å². The van der Waals surface area contributed by atoms with Gasteiger partial charge in [-0.15, -0.1) is 0 Å². The molecule has 7 heteroatoms. The van der Waals surface area contributed by atoms with E-state index in [2.05, 4.69) is 9.73 Å². The number of hydrogen-bond donors (Lipinski definition) is 1. The molecule has 1 atom stereocenters. The minimum atomic E-state index is -4.73. The van der Waals surface area contributed by atoms with E-state index in [0.717, 1.165) is 0 Å². The fraction of sp³-hybridized carbons (Fsp3) is 0.385. The molecule has 0 heterocycles. The highest BCUT2D eigenvalue weighted by Crippen LogP contribution is 2.23. The van der Waals surface area contributed by atoms with E-state index in [4.69, 9.17) is 5.11 Å². The molecule has 1 N–H and O–H groups in total. The molecule has 4 nitrogen and oxygen atoms in total. The predicted molar refractivity (Wildman–Crippen MR) is 66.5 cm³/mol. The summed E-state index contributed by atoms with van der Waals surface area (Å²) in [5, 5.41) is 9.01. The molecule has 1 unspecified atom stereocenters. The average Bonchev–Trinajstić information content (AvgIpc) is 2.39. The highest BCUT2D eigenvalue weighted by atomic mass is 19.4. The summed E-state index contributed by atoms with van der Waals surface area (Å²) in [4.78, 5) is 14.7. The molecular formula is C13H14F3NO3. The van der Waals surface area contributed by atoms with E-state index >= 15 is 0 Å². The third kappa shape index (κ3) is 4.34. The summed E-state index contributed by atoms with van der Waals surface area (Å²) in [7, 11) is 0. The van der Waals surface area contributed by atoms with Crippen LogP contribution in [0, 0.1) is 0 Å². The first-order chi connectivity index (χ1) is 9.40. The predicted octanol–water partition coefficient (Wildman–Crippen LogP) is 1.96. The Bertz CT molecular complexity index is 471. The number of aliphatic imine (C=N–C) groups is 1. The topological polar surface area (TPSA) is 58.9 Å². The summed E-state index contributed by atoms with van der Waals surface area (Å²) in [5.74, 6) is -0.993. The third-order valence-corrected chi connectivity index (χ3v) is 2.33. The summed E-state index contributed by atoms with van der Waals surface area (Å²) in [6.07, 6.45) is -4.73. The minimum absolute atomic E-state index is 0.00244. The van der Waals surface area contributed by atoms with Crippen LogP contribution in [0.1, 0.15) is 12.5 Å². The van der Waals surface area contributed by atoms with Crippen LogP contribution < -0.4 is 0 Å². The molecule has 0 fully saturated rings. The maximum absolute atomic E-state index is 13.0. The van der Waals surface area contributed by atoms with Gasteiger partial charge < -0.3 is 9.84 Å². The van der Waals surface area contributed by atoms with Crippen LogP contribution in [0.15, 0.2) is 35.3 Å². The molecule has 0 bridgehead atoms. The maximum atomic E-state index is 13.0. The Morgan fingerprint density at radius 1 is 1.35 bits per heavy atom. The van der Waals surface area contributed by atoms with Crippen molar-refractivity contribution < 1.29 is 27.8 Å². The second-order valence-electron chi connectivity index (χ2n) is 3.79. The fourth-order valence-corrected chi connectivity index (χ4v) is 1.47. The Morgan fingerprint density at radius 3 is 2.40 bits per heavy atom. The van der Waals surface area contributed by atoms with E-state index in [1.54, 1.807) is 6.07 Å². The smallest absolute Gasteiger partial charge is 0.433 e. The molecule has 0 aliphatic heterocycles. The fourth-order valence-electron chi connectivity index (χ4n) is 1.47. The highest BCUT2D eigenvalue weighted by Gasteiger charge is 2.38. The molecule has 1 aromatic carbocycles. The van der Waals surface area contributed by atoms with Crippen LogP contribution in [-0.2, 0) is 9.53 Å². The Hall–Kier alpha value is -1.89.